The summed E-state index contributed by atoms with van der Waals surface area (Å²) in [5.41, 5.74) is 2.01. The van der Waals surface area contributed by atoms with Crippen molar-refractivity contribution in [2.45, 2.75) is 26.3 Å². The topological polar surface area (TPSA) is 77.4 Å². The SMILES string of the molecule is COc1ccc([C@H]2CC(c3cc(Cl)ccc3OC(C)=O)=NN2C(C)=O)cc1OC. The van der Waals surface area contributed by atoms with E-state index in [0.29, 0.717) is 40.0 Å². The Bertz CT molecular complexity index is 989. The first-order chi connectivity index (χ1) is 13.8. The summed E-state index contributed by atoms with van der Waals surface area (Å²) in [5, 5.41) is 6.39. The van der Waals surface area contributed by atoms with Gasteiger partial charge in [-0.25, -0.2) is 5.01 Å². The van der Waals surface area contributed by atoms with Crippen molar-refractivity contribution in [3.05, 3.63) is 52.5 Å². The van der Waals surface area contributed by atoms with Crippen LogP contribution in [-0.2, 0) is 9.59 Å². The van der Waals surface area contributed by atoms with Crippen molar-refractivity contribution in [1.29, 1.82) is 0 Å². The molecule has 1 aliphatic heterocycles. The highest BCUT2D eigenvalue weighted by molar-refractivity contribution is 6.31. The van der Waals surface area contributed by atoms with Crippen LogP contribution in [0.1, 0.15) is 37.4 Å². The molecule has 7 nitrogen and oxygen atoms in total. The molecule has 0 bridgehead atoms. The zero-order valence-corrected chi connectivity index (χ0v) is 17.3. The predicted octanol–water partition coefficient (Wildman–Crippen LogP) is 3.98. The van der Waals surface area contributed by atoms with E-state index in [9.17, 15) is 9.59 Å². The highest BCUT2D eigenvalue weighted by atomic mass is 35.5. The number of esters is 1. The first kappa shape index (κ1) is 20.7. The fraction of sp³-hybridized carbons (Fsp3) is 0.286. The third kappa shape index (κ3) is 4.35. The molecule has 3 rings (SSSR count). The smallest absolute Gasteiger partial charge is 0.308 e. The van der Waals surface area contributed by atoms with Crippen LogP contribution in [0.4, 0.5) is 0 Å². The number of hydrazone groups is 1. The summed E-state index contributed by atoms with van der Waals surface area (Å²) in [7, 11) is 3.12. The molecule has 1 aliphatic rings. The van der Waals surface area contributed by atoms with Crippen molar-refractivity contribution in [1.82, 2.24) is 5.01 Å². The number of hydrogen-bond donors (Lipinski definition) is 0. The van der Waals surface area contributed by atoms with Crippen molar-refractivity contribution in [2.24, 2.45) is 5.10 Å². The number of nitrogens with zero attached hydrogens (tertiary/aromatic N) is 2. The second-order valence-electron chi connectivity index (χ2n) is 6.48. The third-order valence-electron chi connectivity index (χ3n) is 4.53. The minimum Gasteiger partial charge on any atom is -0.493 e. The van der Waals surface area contributed by atoms with Gasteiger partial charge in [0.15, 0.2) is 11.5 Å². The maximum atomic E-state index is 12.3. The lowest BCUT2D eigenvalue weighted by atomic mass is 9.97. The van der Waals surface area contributed by atoms with Crippen LogP contribution >= 0.6 is 11.6 Å². The monoisotopic (exact) mass is 416 g/mol. The molecule has 0 spiro atoms. The standard InChI is InChI=1S/C21H21ClN2O5/c1-12(25)24-18(14-5-7-20(27-3)21(9-14)28-4)11-17(23-24)16-10-15(22)6-8-19(16)29-13(2)26/h5-10,18H,11H2,1-4H3/t18-/m1/s1. The van der Waals surface area contributed by atoms with Crippen LogP contribution in [0.2, 0.25) is 5.02 Å². The average Bonchev–Trinajstić information content (AvgIpc) is 3.14. The van der Waals surface area contributed by atoms with Gasteiger partial charge >= 0.3 is 5.97 Å². The number of methoxy groups -OCH3 is 2. The Morgan fingerprint density at radius 3 is 2.34 bits per heavy atom. The number of carbonyl (C=O) groups is 2. The number of ether oxygens (including phenoxy) is 3. The lowest BCUT2D eigenvalue weighted by Crippen LogP contribution is -2.24. The van der Waals surface area contributed by atoms with Crippen LogP contribution in [-0.4, -0.2) is 36.8 Å². The largest absolute Gasteiger partial charge is 0.493 e. The number of hydrogen-bond acceptors (Lipinski definition) is 6. The van der Waals surface area contributed by atoms with Gasteiger partial charge in [-0.15, -0.1) is 0 Å². The molecule has 0 fully saturated rings. The molecular weight excluding hydrogens is 396 g/mol. The summed E-state index contributed by atoms with van der Waals surface area (Å²) in [4.78, 5) is 23.7. The van der Waals surface area contributed by atoms with E-state index in [2.05, 4.69) is 5.10 Å². The lowest BCUT2D eigenvalue weighted by molar-refractivity contribution is -0.132. The second-order valence-corrected chi connectivity index (χ2v) is 6.92. The van der Waals surface area contributed by atoms with Gasteiger partial charge in [0.25, 0.3) is 0 Å². The van der Waals surface area contributed by atoms with Crippen LogP contribution in [0, 0.1) is 0 Å². The first-order valence-corrected chi connectivity index (χ1v) is 9.29. The summed E-state index contributed by atoms with van der Waals surface area (Å²) < 4.78 is 16.0. The van der Waals surface area contributed by atoms with Crippen molar-refractivity contribution in [3.63, 3.8) is 0 Å². The third-order valence-corrected chi connectivity index (χ3v) is 4.77. The number of rotatable bonds is 5. The Labute approximate surface area is 173 Å². The Kier molecular flexibility index (Phi) is 6.08. The molecule has 2 aromatic carbocycles. The molecule has 0 N–H and O–H groups in total. The summed E-state index contributed by atoms with van der Waals surface area (Å²) >= 11 is 6.15. The molecule has 152 valence electrons. The van der Waals surface area contributed by atoms with E-state index in [1.54, 1.807) is 38.5 Å². The maximum Gasteiger partial charge on any atom is 0.308 e. The number of amides is 1. The molecule has 0 saturated carbocycles. The van der Waals surface area contributed by atoms with Gasteiger partial charge in [0.05, 0.1) is 26.0 Å². The molecule has 0 aliphatic carbocycles. The van der Waals surface area contributed by atoms with Crippen LogP contribution in [0.5, 0.6) is 17.2 Å². The molecule has 1 heterocycles. The Balaban J connectivity index is 2.01. The Hall–Kier alpha value is -3.06. The fourth-order valence-electron chi connectivity index (χ4n) is 3.25. The molecule has 29 heavy (non-hydrogen) atoms. The van der Waals surface area contributed by atoms with Gasteiger partial charge in [-0.3, -0.25) is 9.59 Å². The molecule has 2 aromatic rings. The predicted molar refractivity (Wildman–Crippen MR) is 109 cm³/mol. The second kappa shape index (κ2) is 8.53. The maximum absolute atomic E-state index is 12.3. The fourth-order valence-corrected chi connectivity index (χ4v) is 3.43. The summed E-state index contributed by atoms with van der Waals surface area (Å²) in [5.74, 6) is 0.835. The normalized spacial score (nSPS) is 15.7. The molecule has 1 amide bonds. The van der Waals surface area contributed by atoms with E-state index in [4.69, 9.17) is 25.8 Å². The van der Waals surface area contributed by atoms with E-state index in [1.165, 1.54) is 18.9 Å². The van der Waals surface area contributed by atoms with Crippen molar-refractivity contribution >= 4 is 29.2 Å². The number of benzene rings is 2. The van der Waals surface area contributed by atoms with Crippen molar-refractivity contribution in [3.8, 4) is 17.2 Å². The van der Waals surface area contributed by atoms with Gasteiger partial charge in [-0.2, -0.15) is 5.10 Å². The van der Waals surface area contributed by atoms with Crippen LogP contribution in [0.15, 0.2) is 41.5 Å². The van der Waals surface area contributed by atoms with Gasteiger partial charge in [0.1, 0.15) is 5.75 Å². The van der Waals surface area contributed by atoms with Gasteiger partial charge in [0, 0.05) is 30.9 Å². The van der Waals surface area contributed by atoms with Gasteiger partial charge < -0.3 is 14.2 Å². The summed E-state index contributed by atoms with van der Waals surface area (Å²) in [6.45, 7) is 2.77. The molecule has 0 aromatic heterocycles. The Morgan fingerprint density at radius 2 is 1.72 bits per heavy atom. The van der Waals surface area contributed by atoms with E-state index >= 15 is 0 Å². The first-order valence-electron chi connectivity index (χ1n) is 8.91. The highest BCUT2D eigenvalue weighted by Gasteiger charge is 2.33. The minimum absolute atomic E-state index is 0.212. The van der Waals surface area contributed by atoms with Gasteiger partial charge in [-0.1, -0.05) is 17.7 Å². The average molecular weight is 417 g/mol. The van der Waals surface area contributed by atoms with Crippen LogP contribution < -0.4 is 14.2 Å². The van der Waals surface area contributed by atoms with E-state index in [1.807, 2.05) is 12.1 Å². The zero-order valence-electron chi connectivity index (χ0n) is 16.6. The van der Waals surface area contributed by atoms with E-state index < -0.39 is 5.97 Å². The molecular formula is C21H21ClN2O5. The quantitative estimate of drug-likeness (QED) is 0.544. The van der Waals surface area contributed by atoms with E-state index in [0.717, 1.165) is 5.56 Å². The minimum atomic E-state index is -0.452. The van der Waals surface area contributed by atoms with Crippen molar-refractivity contribution < 1.29 is 23.8 Å². The van der Waals surface area contributed by atoms with Crippen molar-refractivity contribution in [2.75, 3.05) is 14.2 Å². The molecule has 8 heteroatoms. The summed E-state index contributed by atoms with van der Waals surface area (Å²) in [6, 6.07) is 10.1. The van der Waals surface area contributed by atoms with Gasteiger partial charge in [0.2, 0.25) is 5.91 Å². The lowest BCUT2D eigenvalue weighted by Gasteiger charge is -2.21. The highest BCUT2D eigenvalue weighted by Crippen LogP contribution is 2.39. The van der Waals surface area contributed by atoms with Crippen LogP contribution in [0.3, 0.4) is 0 Å². The van der Waals surface area contributed by atoms with Crippen LogP contribution in [0.25, 0.3) is 0 Å². The number of carbonyl (C=O) groups excluding carboxylic acids is 2. The molecule has 1 atom stereocenters. The van der Waals surface area contributed by atoms with Gasteiger partial charge in [-0.05, 0) is 35.9 Å². The zero-order chi connectivity index (χ0) is 21.1. The van der Waals surface area contributed by atoms with E-state index in [-0.39, 0.29) is 11.9 Å². The molecule has 0 unspecified atom stereocenters. The Morgan fingerprint density at radius 1 is 1.03 bits per heavy atom. The molecule has 0 saturated heterocycles. The number of halogens is 1. The summed E-state index contributed by atoms with van der Waals surface area (Å²) in [6.07, 6.45) is 0.420. The molecule has 0 radical (unpaired) electrons.